The van der Waals surface area contributed by atoms with Crippen LogP contribution in [0.2, 0.25) is 0 Å². The molecule has 5 heteroatoms. The molecule has 1 aliphatic rings. The Morgan fingerprint density at radius 3 is 2.57 bits per heavy atom. The molecule has 0 unspecified atom stereocenters. The number of carbonyl (C=O) groups is 1. The van der Waals surface area contributed by atoms with Crippen LogP contribution in [0, 0.1) is 12.8 Å². The van der Waals surface area contributed by atoms with Crippen molar-refractivity contribution in [3.05, 3.63) is 47.3 Å². The van der Waals surface area contributed by atoms with Crippen molar-refractivity contribution in [3.8, 4) is 0 Å². The van der Waals surface area contributed by atoms with Gasteiger partial charge in [0.15, 0.2) is 0 Å². The van der Waals surface area contributed by atoms with E-state index in [2.05, 4.69) is 50.1 Å². The highest BCUT2D eigenvalue weighted by molar-refractivity contribution is 5.82. The minimum atomic E-state index is -0.207. The average molecular weight is 386 g/mol. The molecular formula is C23H35N3O2. The van der Waals surface area contributed by atoms with E-state index in [0.29, 0.717) is 12.5 Å². The minimum Gasteiger partial charge on any atom is -0.463 e. The van der Waals surface area contributed by atoms with Crippen LogP contribution in [0.5, 0.6) is 0 Å². The molecule has 154 valence electrons. The van der Waals surface area contributed by atoms with E-state index in [4.69, 9.17) is 4.74 Å². The predicted octanol–water partition coefficient (Wildman–Crippen LogP) is 4.96. The van der Waals surface area contributed by atoms with Gasteiger partial charge in [-0.05, 0) is 69.6 Å². The van der Waals surface area contributed by atoms with E-state index < -0.39 is 0 Å². The fourth-order valence-electron chi connectivity index (χ4n) is 3.61. The highest BCUT2D eigenvalue weighted by Gasteiger charge is 2.21. The number of hydrogen-bond donors (Lipinski definition) is 0. The number of hydrogen-bond acceptors (Lipinski definition) is 4. The summed E-state index contributed by atoms with van der Waals surface area (Å²) in [5.74, 6) is 1.39. The second-order valence-electron chi connectivity index (χ2n) is 7.60. The molecule has 0 spiro atoms. The molecule has 28 heavy (non-hydrogen) atoms. The lowest BCUT2D eigenvalue weighted by molar-refractivity contribution is -0.137. The van der Waals surface area contributed by atoms with E-state index in [1.165, 1.54) is 11.1 Å². The topological polar surface area (TPSA) is 47.4 Å². The highest BCUT2D eigenvalue weighted by atomic mass is 16.5. The number of unbranched alkanes of at least 4 members (excludes halogenated alkanes) is 1. The summed E-state index contributed by atoms with van der Waals surface area (Å²) >= 11 is 0. The molecule has 1 heterocycles. The highest BCUT2D eigenvalue weighted by Crippen LogP contribution is 2.35. The first-order chi connectivity index (χ1) is 13.5. The maximum absolute atomic E-state index is 11.7. The van der Waals surface area contributed by atoms with Crippen LogP contribution < -0.4 is 0 Å². The maximum Gasteiger partial charge on any atom is 0.330 e. The van der Waals surface area contributed by atoms with Gasteiger partial charge in [0, 0.05) is 32.1 Å². The van der Waals surface area contributed by atoms with Gasteiger partial charge in [0.05, 0.1) is 6.61 Å². The molecule has 1 aromatic rings. The van der Waals surface area contributed by atoms with Crippen LogP contribution in [0.3, 0.4) is 0 Å². The predicted molar refractivity (Wildman–Crippen MR) is 115 cm³/mol. The van der Waals surface area contributed by atoms with Gasteiger partial charge in [-0.3, -0.25) is 0 Å². The number of ether oxygens (including phenoxy) is 1. The van der Waals surface area contributed by atoms with Crippen LogP contribution in [-0.4, -0.2) is 41.4 Å². The number of carbonyl (C=O) groups excluding carboxylic acids is 1. The van der Waals surface area contributed by atoms with Gasteiger partial charge in [-0.15, -0.1) is 0 Å². The summed E-state index contributed by atoms with van der Waals surface area (Å²) in [7, 11) is 4.12. The fraction of sp³-hybridized carbons (Fsp3) is 0.565. The summed E-state index contributed by atoms with van der Waals surface area (Å²) in [6.07, 6.45) is 14.5. The fourth-order valence-corrected chi connectivity index (χ4v) is 3.61. The summed E-state index contributed by atoms with van der Waals surface area (Å²) < 4.78 is 7.05. The Labute approximate surface area is 169 Å². The second-order valence-corrected chi connectivity index (χ2v) is 7.60. The van der Waals surface area contributed by atoms with Gasteiger partial charge >= 0.3 is 5.97 Å². The Hall–Kier alpha value is -2.30. The van der Waals surface area contributed by atoms with Crippen LogP contribution in [0.1, 0.15) is 58.1 Å². The van der Waals surface area contributed by atoms with Gasteiger partial charge in [0.2, 0.25) is 0 Å². The van der Waals surface area contributed by atoms with Crippen LogP contribution in [0.15, 0.2) is 41.6 Å². The third kappa shape index (κ3) is 6.11. The molecule has 5 nitrogen and oxygen atoms in total. The van der Waals surface area contributed by atoms with E-state index in [-0.39, 0.29) is 5.97 Å². The number of allylic oxidation sites excluding steroid dienone is 4. The lowest BCUT2D eigenvalue weighted by Crippen LogP contribution is -2.19. The van der Waals surface area contributed by atoms with Gasteiger partial charge in [-0.1, -0.05) is 25.0 Å². The monoisotopic (exact) mass is 385 g/mol. The van der Waals surface area contributed by atoms with E-state index in [1.54, 1.807) is 6.08 Å². The lowest BCUT2D eigenvalue weighted by Gasteiger charge is -2.27. The van der Waals surface area contributed by atoms with Crippen molar-refractivity contribution in [2.75, 3.05) is 20.7 Å². The van der Waals surface area contributed by atoms with Crippen molar-refractivity contribution in [3.63, 3.8) is 0 Å². The number of aromatic nitrogens is 2. The first-order valence-corrected chi connectivity index (χ1v) is 10.4. The molecule has 0 amide bonds. The molecule has 0 aliphatic heterocycles. The quantitative estimate of drug-likeness (QED) is 0.361. The van der Waals surface area contributed by atoms with Crippen molar-refractivity contribution < 1.29 is 9.53 Å². The van der Waals surface area contributed by atoms with Crippen molar-refractivity contribution >= 4 is 11.8 Å². The zero-order valence-corrected chi connectivity index (χ0v) is 18.1. The van der Waals surface area contributed by atoms with Crippen molar-refractivity contribution in [1.29, 1.82) is 0 Å². The third-order valence-electron chi connectivity index (χ3n) is 5.18. The lowest BCUT2D eigenvalue weighted by atomic mass is 9.80. The first-order valence-electron chi connectivity index (χ1n) is 10.4. The molecule has 1 fully saturated rings. The summed E-state index contributed by atoms with van der Waals surface area (Å²) in [6.45, 7) is 6.56. The van der Waals surface area contributed by atoms with Gasteiger partial charge < -0.3 is 9.64 Å². The Balaban J connectivity index is 2.21. The van der Waals surface area contributed by atoms with Gasteiger partial charge in [0.1, 0.15) is 5.82 Å². The Morgan fingerprint density at radius 2 is 2.04 bits per heavy atom. The van der Waals surface area contributed by atoms with Gasteiger partial charge in [0.25, 0.3) is 0 Å². The van der Waals surface area contributed by atoms with E-state index in [9.17, 15) is 4.79 Å². The Kier molecular flexibility index (Phi) is 8.55. The maximum atomic E-state index is 11.7. The molecule has 0 saturated heterocycles. The third-order valence-corrected chi connectivity index (χ3v) is 5.18. The number of aryl methyl sites for hydroxylation is 1. The summed E-state index contributed by atoms with van der Waals surface area (Å²) in [6, 6.07) is 2.03. The Bertz CT molecular complexity index is 731. The SMILES string of the molecule is CCCC=C(C=C(N(C)C)n1nccc1C)C1CCC(=CC(=O)OCC)CC1. The van der Waals surface area contributed by atoms with Gasteiger partial charge in [-0.25, -0.2) is 9.48 Å². The van der Waals surface area contributed by atoms with Crippen molar-refractivity contribution in [2.24, 2.45) is 5.92 Å². The summed E-state index contributed by atoms with van der Waals surface area (Å²) in [5, 5.41) is 4.50. The summed E-state index contributed by atoms with van der Waals surface area (Å²) in [5.41, 5.74) is 3.72. The smallest absolute Gasteiger partial charge is 0.330 e. The summed E-state index contributed by atoms with van der Waals surface area (Å²) in [4.78, 5) is 13.8. The molecule has 0 radical (unpaired) electrons. The molecule has 2 rings (SSSR count). The average Bonchev–Trinajstić information content (AvgIpc) is 3.08. The molecular weight excluding hydrogens is 350 g/mol. The zero-order chi connectivity index (χ0) is 20.5. The van der Waals surface area contributed by atoms with Crippen molar-refractivity contribution in [1.82, 2.24) is 14.7 Å². The molecule has 0 N–H and O–H groups in total. The molecule has 1 aromatic heterocycles. The number of nitrogens with zero attached hydrogens (tertiary/aromatic N) is 3. The molecule has 0 aromatic carbocycles. The van der Waals surface area contributed by atoms with E-state index >= 15 is 0 Å². The normalized spacial score (nSPS) is 18.2. The number of esters is 1. The van der Waals surface area contributed by atoms with E-state index in [1.807, 2.05) is 23.9 Å². The molecule has 1 saturated carbocycles. The number of rotatable bonds is 8. The molecule has 0 atom stereocenters. The van der Waals surface area contributed by atoms with Gasteiger partial charge in [-0.2, -0.15) is 5.10 Å². The van der Waals surface area contributed by atoms with Crippen LogP contribution in [0.25, 0.3) is 5.82 Å². The largest absolute Gasteiger partial charge is 0.463 e. The first kappa shape index (κ1) is 22.0. The minimum absolute atomic E-state index is 0.207. The Morgan fingerprint density at radius 1 is 1.32 bits per heavy atom. The zero-order valence-electron chi connectivity index (χ0n) is 18.1. The molecule has 1 aliphatic carbocycles. The van der Waals surface area contributed by atoms with Crippen molar-refractivity contribution in [2.45, 2.75) is 59.3 Å². The van der Waals surface area contributed by atoms with Crippen LogP contribution >= 0.6 is 0 Å². The van der Waals surface area contributed by atoms with E-state index in [0.717, 1.165) is 50.0 Å². The second kappa shape index (κ2) is 10.9. The van der Waals surface area contributed by atoms with Crippen LogP contribution in [0.4, 0.5) is 0 Å². The molecule has 0 bridgehead atoms. The standard InChI is InChI=1S/C23H35N3O2/c1-6-8-9-21(17-22(25(4)5)26-18(3)14-15-24-26)20-12-10-19(11-13-20)16-23(27)28-7-2/h9,14-17,20H,6-8,10-13H2,1-5H3. The van der Waals surface area contributed by atoms with Crippen LogP contribution in [-0.2, 0) is 9.53 Å².